The number of unbranched alkanes of at least 4 members (excludes halogenated alkanes) is 1. The van der Waals surface area contributed by atoms with Crippen LogP contribution in [0.2, 0.25) is 0 Å². The first-order valence-corrected chi connectivity index (χ1v) is 5.25. The largest absolute Gasteiger partial charge is 0.302 e. The van der Waals surface area contributed by atoms with Crippen molar-refractivity contribution in [3.63, 3.8) is 0 Å². The highest BCUT2D eigenvalue weighted by atomic mass is 32.2. The molecule has 2 unspecified atom stereocenters. The Kier molecular flexibility index (Phi) is 3.57. The van der Waals surface area contributed by atoms with Crippen molar-refractivity contribution in [2.24, 2.45) is 0 Å². The molecule has 1 nitrogen and oxygen atoms in total. The summed E-state index contributed by atoms with van der Waals surface area (Å²) >= 11 is 2.08. The highest BCUT2D eigenvalue weighted by Crippen LogP contribution is 2.22. The van der Waals surface area contributed by atoms with Crippen molar-refractivity contribution < 1.29 is 0 Å². The van der Waals surface area contributed by atoms with E-state index in [4.69, 9.17) is 0 Å². The van der Waals surface area contributed by atoms with E-state index in [2.05, 4.69) is 30.9 Å². The molecule has 1 N–H and O–H groups in total. The Hall–Kier alpha value is 0.310. The zero-order valence-corrected chi connectivity index (χ0v) is 7.71. The third kappa shape index (κ3) is 2.51. The maximum atomic E-state index is 3.55. The molecule has 0 aromatic heterocycles. The first-order chi connectivity index (χ1) is 4.83. The van der Waals surface area contributed by atoms with Gasteiger partial charge in [0.05, 0.1) is 5.37 Å². The third-order valence-corrected chi connectivity index (χ3v) is 3.30. The van der Waals surface area contributed by atoms with Gasteiger partial charge in [0.2, 0.25) is 0 Å². The Balaban J connectivity index is 2.06. The van der Waals surface area contributed by atoms with Crippen LogP contribution in [-0.4, -0.2) is 17.2 Å². The summed E-state index contributed by atoms with van der Waals surface area (Å²) in [6, 6.07) is 0.742. The summed E-state index contributed by atoms with van der Waals surface area (Å²) in [5.74, 6) is 1.30. The van der Waals surface area contributed by atoms with Crippen molar-refractivity contribution >= 4 is 11.8 Å². The molecule has 0 aromatic rings. The van der Waals surface area contributed by atoms with Gasteiger partial charge in [-0.1, -0.05) is 19.8 Å². The van der Waals surface area contributed by atoms with Crippen LogP contribution in [0, 0.1) is 0 Å². The number of hydrogen-bond donors (Lipinski definition) is 1. The van der Waals surface area contributed by atoms with Crippen molar-refractivity contribution in [3.05, 3.63) is 0 Å². The molecule has 0 radical (unpaired) electrons. The smallest absolute Gasteiger partial charge is 0.0535 e. The van der Waals surface area contributed by atoms with Crippen molar-refractivity contribution in [1.29, 1.82) is 0 Å². The van der Waals surface area contributed by atoms with Crippen LogP contribution in [-0.2, 0) is 0 Å². The predicted octanol–water partition coefficient (Wildman–Crippen LogP) is 2.23. The SMILES string of the molecule is CCCCC1NC(C)CS1. The molecule has 1 heterocycles. The second-order valence-corrected chi connectivity index (χ2v) is 4.27. The normalized spacial score (nSPS) is 33.0. The summed E-state index contributed by atoms with van der Waals surface area (Å²) in [6.07, 6.45) is 4.05. The molecule has 0 saturated carbocycles. The molecule has 1 aliphatic rings. The Morgan fingerprint density at radius 2 is 2.40 bits per heavy atom. The van der Waals surface area contributed by atoms with E-state index in [9.17, 15) is 0 Å². The van der Waals surface area contributed by atoms with Gasteiger partial charge in [-0.15, -0.1) is 11.8 Å². The van der Waals surface area contributed by atoms with Gasteiger partial charge in [0.25, 0.3) is 0 Å². The van der Waals surface area contributed by atoms with Gasteiger partial charge in [0.1, 0.15) is 0 Å². The summed E-state index contributed by atoms with van der Waals surface area (Å²) in [4.78, 5) is 0. The minimum absolute atomic E-state index is 0.742. The molecule has 0 aliphatic carbocycles. The van der Waals surface area contributed by atoms with E-state index < -0.39 is 0 Å². The number of thioether (sulfide) groups is 1. The second-order valence-electron chi connectivity index (χ2n) is 3.03. The molecule has 2 atom stereocenters. The molecular weight excluding hydrogens is 142 g/mol. The lowest BCUT2D eigenvalue weighted by Crippen LogP contribution is -2.26. The molecule has 1 saturated heterocycles. The first kappa shape index (κ1) is 8.41. The number of nitrogens with one attached hydrogen (secondary N) is 1. The average molecular weight is 159 g/mol. The van der Waals surface area contributed by atoms with E-state index in [0.29, 0.717) is 0 Å². The number of rotatable bonds is 3. The van der Waals surface area contributed by atoms with Gasteiger partial charge in [-0.05, 0) is 13.3 Å². The Labute approximate surface area is 68.0 Å². The minimum atomic E-state index is 0.742. The van der Waals surface area contributed by atoms with Crippen molar-refractivity contribution in [1.82, 2.24) is 5.32 Å². The van der Waals surface area contributed by atoms with Crippen LogP contribution in [0.15, 0.2) is 0 Å². The molecular formula is C8H17NS. The van der Waals surface area contributed by atoms with Crippen LogP contribution >= 0.6 is 11.8 Å². The highest BCUT2D eigenvalue weighted by molar-refractivity contribution is 8.00. The molecule has 0 amide bonds. The lowest BCUT2D eigenvalue weighted by Gasteiger charge is -2.08. The molecule has 1 rings (SSSR count). The third-order valence-electron chi connectivity index (χ3n) is 1.84. The van der Waals surface area contributed by atoms with Gasteiger partial charge in [0.15, 0.2) is 0 Å². The van der Waals surface area contributed by atoms with Crippen molar-refractivity contribution in [2.75, 3.05) is 5.75 Å². The van der Waals surface area contributed by atoms with Gasteiger partial charge in [-0.3, -0.25) is 0 Å². The van der Waals surface area contributed by atoms with E-state index >= 15 is 0 Å². The lowest BCUT2D eigenvalue weighted by atomic mass is 10.2. The summed E-state index contributed by atoms with van der Waals surface area (Å²) in [6.45, 7) is 4.52. The zero-order valence-electron chi connectivity index (χ0n) is 6.89. The van der Waals surface area contributed by atoms with Gasteiger partial charge < -0.3 is 5.32 Å². The van der Waals surface area contributed by atoms with Crippen LogP contribution < -0.4 is 5.32 Å². The minimum Gasteiger partial charge on any atom is -0.302 e. The molecule has 1 aliphatic heterocycles. The standard InChI is InChI=1S/C8H17NS/c1-3-4-5-8-9-7(2)6-10-8/h7-9H,3-6H2,1-2H3. The summed E-state index contributed by atoms with van der Waals surface area (Å²) in [5, 5.41) is 4.31. The van der Waals surface area contributed by atoms with Crippen LogP contribution in [0.5, 0.6) is 0 Å². The van der Waals surface area contributed by atoms with E-state index in [1.165, 1.54) is 25.0 Å². The Morgan fingerprint density at radius 3 is 2.90 bits per heavy atom. The van der Waals surface area contributed by atoms with Gasteiger partial charge in [-0.2, -0.15) is 0 Å². The maximum absolute atomic E-state index is 3.55. The van der Waals surface area contributed by atoms with E-state index in [1.54, 1.807) is 0 Å². The van der Waals surface area contributed by atoms with Gasteiger partial charge in [0, 0.05) is 11.8 Å². The van der Waals surface area contributed by atoms with Crippen molar-refractivity contribution in [2.45, 2.75) is 44.5 Å². The molecule has 2 heteroatoms. The van der Waals surface area contributed by atoms with E-state index in [0.717, 1.165) is 11.4 Å². The lowest BCUT2D eigenvalue weighted by molar-refractivity contribution is 0.555. The topological polar surface area (TPSA) is 12.0 Å². The fourth-order valence-electron chi connectivity index (χ4n) is 1.23. The molecule has 0 spiro atoms. The van der Waals surface area contributed by atoms with Gasteiger partial charge >= 0.3 is 0 Å². The van der Waals surface area contributed by atoms with E-state index in [-0.39, 0.29) is 0 Å². The monoisotopic (exact) mass is 159 g/mol. The quantitative estimate of drug-likeness (QED) is 0.677. The zero-order chi connectivity index (χ0) is 7.40. The molecule has 1 fully saturated rings. The van der Waals surface area contributed by atoms with Crippen LogP contribution in [0.1, 0.15) is 33.1 Å². The van der Waals surface area contributed by atoms with Crippen molar-refractivity contribution in [3.8, 4) is 0 Å². The molecule has 60 valence electrons. The first-order valence-electron chi connectivity index (χ1n) is 4.20. The Morgan fingerprint density at radius 1 is 1.60 bits per heavy atom. The summed E-state index contributed by atoms with van der Waals surface area (Å²) < 4.78 is 0. The Bertz CT molecular complexity index is 95.3. The summed E-state index contributed by atoms with van der Waals surface area (Å²) in [5.41, 5.74) is 0. The average Bonchev–Trinajstić information content (AvgIpc) is 2.31. The molecule has 0 aromatic carbocycles. The predicted molar refractivity (Wildman–Crippen MR) is 48.4 cm³/mol. The molecule has 0 bridgehead atoms. The van der Waals surface area contributed by atoms with E-state index in [1.807, 2.05) is 0 Å². The highest BCUT2D eigenvalue weighted by Gasteiger charge is 2.19. The fraction of sp³-hybridized carbons (Fsp3) is 1.00. The summed E-state index contributed by atoms with van der Waals surface area (Å²) in [7, 11) is 0. The van der Waals surface area contributed by atoms with Gasteiger partial charge in [-0.25, -0.2) is 0 Å². The maximum Gasteiger partial charge on any atom is 0.0535 e. The number of hydrogen-bond acceptors (Lipinski definition) is 2. The fourth-order valence-corrected chi connectivity index (χ4v) is 2.51. The van der Waals surface area contributed by atoms with Crippen LogP contribution in [0.4, 0.5) is 0 Å². The second kappa shape index (κ2) is 4.24. The van der Waals surface area contributed by atoms with Crippen LogP contribution in [0.3, 0.4) is 0 Å². The molecule has 10 heavy (non-hydrogen) atoms. The van der Waals surface area contributed by atoms with Crippen LogP contribution in [0.25, 0.3) is 0 Å².